The number of nitrogens with zero attached hydrogens (tertiary/aromatic N) is 1. The van der Waals surface area contributed by atoms with Gasteiger partial charge in [0.2, 0.25) is 0 Å². The zero-order valence-corrected chi connectivity index (χ0v) is 19.8. The van der Waals surface area contributed by atoms with Gasteiger partial charge in [0.25, 0.3) is 0 Å². The lowest BCUT2D eigenvalue weighted by molar-refractivity contribution is -0.211. The third-order valence-electron chi connectivity index (χ3n) is 6.77. The Kier molecular flexibility index (Phi) is 8.28. The van der Waals surface area contributed by atoms with Gasteiger partial charge in [-0.25, -0.2) is 0 Å². The molecule has 0 bridgehead atoms. The van der Waals surface area contributed by atoms with Crippen molar-refractivity contribution < 1.29 is 40.6 Å². The summed E-state index contributed by atoms with van der Waals surface area (Å²) in [6.45, 7) is 5.48. The summed E-state index contributed by atoms with van der Waals surface area (Å²) in [4.78, 5) is 2.30. The fourth-order valence-electron chi connectivity index (χ4n) is 4.88. The van der Waals surface area contributed by atoms with Gasteiger partial charge in [0, 0.05) is 25.6 Å². The minimum Gasteiger partial charge on any atom is -0.379 e. The maximum Gasteiger partial charge on any atom is 0.416 e. The van der Waals surface area contributed by atoms with Crippen molar-refractivity contribution in [2.24, 2.45) is 5.92 Å². The zero-order valence-electron chi connectivity index (χ0n) is 19.8. The van der Waals surface area contributed by atoms with E-state index in [-0.39, 0.29) is 23.5 Å². The Hall–Kier alpha value is -2.14. The van der Waals surface area contributed by atoms with E-state index in [0.717, 1.165) is 31.6 Å². The SMILES string of the molecule is C[C@@H](O[C@H]1OCC[C@H](CN2CCOCC2)[C@H]1c1ccccc1)c1cc(C(F)(F)F)cc(C(F)(F)F)c1. The molecule has 4 nitrogen and oxygen atoms in total. The molecule has 0 aromatic heterocycles. The predicted molar refractivity (Wildman–Crippen MR) is 120 cm³/mol. The maximum absolute atomic E-state index is 13.4. The van der Waals surface area contributed by atoms with Crippen LogP contribution >= 0.6 is 0 Å². The standard InChI is InChI=1S/C26H29F6NO3/c1-17(20-13-21(25(27,28)29)15-22(14-20)26(30,31)32)36-24-23(18-5-3-2-4-6-18)19(7-10-35-24)16-33-8-11-34-12-9-33/h2-6,13-15,17,19,23-24H,7-12,16H2,1H3/t17-,19-,23-,24-/m1/s1. The lowest BCUT2D eigenvalue weighted by Gasteiger charge is -2.42. The first-order valence-electron chi connectivity index (χ1n) is 11.9. The second-order valence-corrected chi connectivity index (χ2v) is 9.25. The average molecular weight is 518 g/mol. The van der Waals surface area contributed by atoms with Crippen molar-refractivity contribution in [1.29, 1.82) is 0 Å². The highest BCUT2D eigenvalue weighted by Gasteiger charge is 2.40. The Labute approximate surface area is 206 Å². The van der Waals surface area contributed by atoms with Gasteiger partial charge in [0.15, 0.2) is 6.29 Å². The molecule has 4 atom stereocenters. The topological polar surface area (TPSA) is 30.9 Å². The van der Waals surface area contributed by atoms with Crippen LogP contribution in [-0.4, -0.2) is 50.6 Å². The number of alkyl halides is 6. The molecule has 2 aromatic carbocycles. The van der Waals surface area contributed by atoms with Crippen molar-refractivity contribution in [1.82, 2.24) is 4.90 Å². The van der Waals surface area contributed by atoms with Gasteiger partial charge in [-0.1, -0.05) is 30.3 Å². The van der Waals surface area contributed by atoms with Gasteiger partial charge in [0.1, 0.15) is 0 Å². The van der Waals surface area contributed by atoms with Crippen LogP contribution in [0.1, 0.15) is 47.6 Å². The molecule has 36 heavy (non-hydrogen) atoms. The summed E-state index contributed by atoms with van der Waals surface area (Å²) in [5.41, 5.74) is -1.98. The summed E-state index contributed by atoms with van der Waals surface area (Å²) < 4.78 is 97.7. The fraction of sp³-hybridized carbons (Fsp3) is 0.538. The molecule has 2 aliphatic heterocycles. The molecule has 198 valence electrons. The molecule has 0 saturated carbocycles. The summed E-state index contributed by atoms with van der Waals surface area (Å²) in [6.07, 6.45) is -11.0. The van der Waals surface area contributed by atoms with Gasteiger partial charge in [-0.2, -0.15) is 26.3 Å². The summed E-state index contributed by atoms with van der Waals surface area (Å²) >= 11 is 0. The van der Waals surface area contributed by atoms with Gasteiger partial charge >= 0.3 is 12.4 Å². The van der Waals surface area contributed by atoms with E-state index in [1.807, 2.05) is 30.3 Å². The van der Waals surface area contributed by atoms with E-state index in [9.17, 15) is 26.3 Å². The smallest absolute Gasteiger partial charge is 0.379 e. The predicted octanol–water partition coefficient (Wildman–Crippen LogP) is 6.28. The van der Waals surface area contributed by atoms with Crippen molar-refractivity contribution in [3.05, 3.63) is 70.8 Å². The summed E-state index contributed by atoms with van der Waals surface area (Å²) in [5, 5.41) is 0. The van der Waals surface area contributed by atoms with E-state index in [4.69, 9.17) is 14.2 Å². The molecule has 0 aliphatic carbocycles. The molecular weight excluding hydrogens is 488 g/mol. The lowest BCUT2D eigenvalue weighted by atomic mass is 9.81. The van der Waals surface area contributed by atoms with Gasteiger partial charge in [-0.3, -0.25) is 4.90 Å². The first-order chi connectivity index (χ1) is 17.0. The Balaban J connectivity index is 1.61. The number of halogens is 6. The van der Waals surface area contributed by atoms with Crippen molar-refractivity contribution >= 4 is 0 Å². The zero-order chi connectivity index (χ0) is 25.9. The molecule has 0 spiro atoms. The monoisotopic (exact) mass is 517 g/mol. The molecule has 0 unspecified atom stereocenters. The molecule has 2 fully saturated rings. The van der Waals surface area contributed by atoms with E-state index in [0.29, 0.717) is 32.0 Å². The number of morpholine rings is 1. The quantitative estimate of drug-likeness (QED) is 0.422. The second-order valence-electron chi connectivity index (χ2n) is 9.25. The molecule has 2 aromatic rings. The van der Waals surface area contributed by atoms with E-state index in [2.05, 4.69) is 4.90 Å². The number of ether oxygens (including phenoxy) is 3. The molecule has 4 rings (SSSR count). The van der Waals surface area contributed by atoms with Crippen LogP contribution in [0.3, 0.4) is 0 Å². The summed E-state index contributed by atoms with van der Waals surface area (Å²) in [7, 11) is 0. The van der Waals surface area contributed by atoms with Gasteiger partial charge in [-0.05, 0) is 48.6 Å². The number of rotatable bonds is 6. The van der Waals surface area contributed by atoms with Gasteiger partial charge in [0.05, 0.1) is 37.1 Å². The van der Waals surface area contributed by atoms with Crippen LogP contribution in [0.15, 0.2) is 48.5 Å². The molecule has 2 heterocycles. The highest BCUT2D eigenvalue weighted by molar-refractivity contribution is 5.34. The number of hydrogen-bond donors (Lipinski definition) is 0. The fourth-order valence-corrected chi connectivity index (χ4v) is 4.88. The van der Waals surface area contributed by atoms with E-state index >= 15 is 0 Å². The van der Waals surface area contributed by atoms with Crippen LogP contribution in [0.4, 0.5) is 26.3 Å². The Bertz CT molecular complexity index is 959. The normalized spacial score (nSPS) is 25.0. The van der Waals surface area contributed by atoms with Crippen LogP contribution in [0.25, 0.3) is 0 Å². The van der Waals surface area contributed by atoms with E-state index < -0.39 is 35.9 Å². The lowest BCUT2D eigenvalue weighted by Crippen LogP contribution is -2.45. The minimum absolute atomic E-state index is 0.123. The van der Waals surface area contributed by atoms with Crippen LogP contribution in [0.5, 0.6) is 0 Å². The van der Waals surface area contributed by atoms with E-state index in [1.54, 1.807) is 0 Å². The summed E-state index contributed by atoms with van der Waals surface area (Å²) in [5.74, 6) is -0.109. The molecule has 0 N–H and O–H groups in total. The molecular formula is C26H29F6NO3. The Morgan fingerprint density at radius 2 is 1.53 bits per heavy atom. The average Bonchev–Trinajstić information content (AvgIpc) is 2.84. The van der Waals surface area contributed by atoms with E-state index in [1.165, 1.54) is 6.92 Å². The third-order valence-corrected chi connectivity index (χ3v) is 6.77. The highest BCUT2D eigenvalue weighted by Crippen LogP contribution is 2.41. The van der Waals surface area contributed by atoms with Crippen molar-refractivity contribution in [3.63, 3.8) is 0 Å². The molecule has 10 heteroatoms. The van der Waals surface area contributed by atoms with Gasteiger partial charge in [-0.15, -0.1) is 0 Å². The second kappa shape index (κ2) is 11.1. The molecule has 0 amide bonds. The number of benzene rings is 2. The summed E-state index contributed by atoms with van der Waals surface area (Å²) in [6, 6.07) is 11.1. The van der Waals surface area contributed by atoms with Crippen molar-refractivity contribution in [2.45, 2.75) is 44.0 Å². The van der Waals surface area contributed by atoms with Crippen LogP contribution in [-0.2, 0) is 26.6 Å². The third kappa shape index (κ3) is 6.59. The van der Waals surface area contributed by atoms with Crippen LogP contribution in [0.2, 0.25) is 0 Å². The maximum atomic E-state index is 13.4. The largest absolute Gasteiger partial charge is 0.416 e. The van der Waals surface area contributed by atoms with Crippen LogP contribution < -0.4 is 0 Å². The van der Waals surface area contributed by atoms with Gasteiger partial charge < -0.3 is 14.2 Å². The Morgan fingerprint density at radius 3 is 2.11 bits per heavy atom. The first-order valence-corrected chi connectivity index (χ1v) is 11.9. The van der Waals surface area contributed by atoms with Crippen molar-refractivity contribution in [2.75, 3.05) is 39.5 Å². The minimum atomic E-state index is -4.92. The molecule has 2 saturated heterocycles. The number of hydrogen-bond acceptors (Lipinski definition) is 4. The Morgan fingerprint density at radius 1 is 0.917 bits per heavy atom. The first kappa shape index (κ1) is 26.9. The highest BCUT2D eigenvalue weighted by atomic mass is 19.4. The molecule has 0 radical (unpaired) electrons. The van der Waals surface area contributed by atoms with Crippen molar-refractivity contribution in [3.8, 4) is 0 Å². The molecule has 2 aliphatic rings. The van der Waals surface area contributed by atoms with Crippen LogP contribution in [0, 0.1) is 5.92 Å².